The van der Waals surface area contributed by atoms with Crippen molar-refractivity contribution in [2.24, 2.45) is 0 Å². The van der Waals surface area contributed by atoms with Crippen LogP contribution in [0.1, 0.15) is 12.0 Å². The van der Waals surface area contributed by atoms with Gasteiger partial charge in [0.15, 0.2) is 6.61 Å². The Balaban J connectivity index is 2.83. The highest BCUT2D eigenvalue weighted by Gasteiger charge is 2.04. The molecule has 1 aromatic carbocycles. The molecule has 0 amide bonds. The molecular weight excluding hydrogens is 244 g/mol. The van der Waals surface area contributed by atoms with Crippen molar-refractivity contribution in [3.8, 4) is 5.75 Å². The quantitative estimate of drug-likeness (QED) is 0.819. The highest BCUT2D eigenvalue weighted by atomic mass is 35.5. The van der Waals surface area contributed by atoms with Crippen molar-refractivity contribution in [2.75, 3.05) is 13.2 Å². The van der Waals surface area contributed by atoms with Crippen molar-refractivity contribution in [1.82, 2.24) is 0 Å². The summed E-state index contributed by atoms with van der Waals surface area (Å²) >= 11 is 5.80. The molecule has 1 aromatic rings. The predicted molar refractivity (Wildman–Crippen MR) is 65.3 cm³/mol. The number of aliphatic hydroxyl groups excluding tert-OH is 1. The van der Waals surface area contributed by atoms with Gasteiger partial charge in [-0.1, -0.05) is 23.8 Å². The van der Waals surface area contributed by atoms with Crippen molar-refractivity contribution >= 4 is 23.6 Å². The van der Waals surface area contributed by atoms with Crippen molar-refractivity contribution < 1.29 is 19.7 Å². The zero-order valence-corrected chi connectivity index (χ0v) is 9.85. The molecule has 1 rings (SSSR count). The van der Waals surface area contributed by atoms with Gasteiger partial charge in [0, 0.05) is 17.2 Å². The minimum absolute atomic E-state index is 0.0649. The minimum Gasteiger partial charge on any atom is -0.481 e. The number of halogens is 1. The van der Waals surface area contributed by atoms with Gasteiger partial charge in [0.1, 0.15) is 5.75 Å². The van der Waals surface area contributed by atoms with E-state index in [0.717, 1.165) is 5.56 Å². The molecule has 92 valence electrons. The third kappa shape index (κ3) is 4.89. The average Bonchev–Trinajstić information content (AvgIpc) is 2.29. The number of aliphatic hydroxyl groups is 1. The molecule has 0 aromatic heterocycles. The lowest BCUT2D eigenvalue weighted by Crippen LogP contribution is -2.10. The monoisotopic (exact) mass is 256 g/mol. The molecule has 17 heavy (non-hydrogen) atoms. The molecule has 0 saturated carbocycles. The van der Waals surface area contributed by atoms with E-state index in [1.54, 1.807) is 30.4 Å². The molecule has 0 bridgehead atoms. The molecular formula is C12H13ClO4. The van der Waals surface area contributed by atoms with Crippen LogP contribution < -0.4 is 4.74 Å². The predicted octanol–water partition coefficient (Wildman–Crippen LogP) is 2.20. The van der Waals surface area contributed by atoms with Gasteiger partial charge in [-0.15, -0.1) is 0 Å². The van der Waals surface area contributed by atoms with Gasteiger partial charge in [0.2, 0.25) is 0 Å². The molecule has 0 fully saturated rings. The second-order valence-electron chi connectivity index (χ2n) is 3.28. The Morgan fingerprint density at radius 3 is 2.88 bits per heavy atom. The molecule has 0 atom stereocenters. The standard InChI is InChI=1S/C12H13ClO4/c13-10-5-4-9(3-1-2-6-14)11(7-10)17-8-12(15)16/h1,3-5,7,14H,2,6,8H2,(H,15,16). The van der Waals surface area contributed by atoms with Crippen LogP contribution in [0.4, 0.5) is 0 Å². The normalized spacial score (nSPS) is 10.7. The van der Waals surface area contributed by atoms with Gasteiger partial charge in [0.05, 0.1) is 0 Å². The van der Waals surface area contributed by atoms with Crippen molar-refractivity contribution in [3.63, 3.8) is 0 Å². The fourth-order valence-electron chi connectivity index (χ4n) is 1.20. The molecule has 0 aliphatic heterocycles. The van der Waals surface area contributed by atoms with E-state index < -0.39 is 12.6 Å². The Labute approximate surface area is 104 Å². The van der Waals surface area contributed by atoms with Crippen molar-refractivity contribution in [2.45, 2.75) is 6.42 Å². The van der Waals surface area contributed by atoms with Gasteiger partial charge in [-0.2, -0.15) is 0 Å². The van der Waals surface area contributed by atoms with Gasteiger partial charge in [-0.25, -0.2) is 4.79 Å². The van der Waals surface area contributed by atoms with Gasteiger partial charge in [-0.05, 0) is 24.6 Å². The van der Waals surface area contributed by atoms with Gasteiger partial charge < -0.3 is 14.9 Å². The first-order chi connectivity index (χ1) is 8.13. The summed E-state index contributed by atoms with van der Waals surface area (Å²) < 4.78 is 5.11. The Kier molecular flexibility index (Phi) is 5.52. The van der Waals surface area contributed by atoms with Crippen molar-refractivity contribution in [3.05, 3.63) is 34.9 Å². The zero-order valence-electron chi connectivity index (χ0n) is 9.10. The maximum Gasteiger partial charge on any atom is 0.341 e. The summed E-state index contributed by atoms with van der Waals surface area (Å²) in [7, 11) is 0. The van der Waals surface area contributed by atoms with E-state index in [2.05, 4.69) is 0 Å². The van der Waals surface area contributed by atoms with Crippen LogP contribution in [0.2, 0.25) is 5.02 Å². The smallest absolute Gasteiger partial charge is 0.341 e. The summed E-state index contributed by atoms with van der Waals surface area (Å²) in [5.74, 6) is -0.635. The van der Waals surface area contributed by atoms with E-state index in [-0.39, 0.29) is 6.61 Å². The Morgan fingerprint density at radius 1 is 1.47 bits per heavy atom. The minimum atomic E-state index is -1.05. The first kappa shape index (κ1) is 13.5. The maximum atomic E-state index is 10.4. The van der Waals surface area contributed by atoms with Gasteiger partial charge >= 0.3 is 5.97 Å². The van der Waals surface area contributed by atoms with Crippen LogP contribution in [0.3, 0.4) is 0 Å². The number of carboxylic acid groups (broad SMARTS) is 1. The van der Waals surface area contributed by atoms with Crippen LogP contribution in [-0.2, 0) is 4.79 Å². The lowest BCUT2D eigenvalue weighted by Gasteiger charge is -2.07. The number of hydrogen-bond donors (Lipinski definition) is 2. The Bertz CT molecular complexity index is 415. The third-order valence-corrected chi connectivity index (χ3v) is 2.16. The number of benzene rings is 1. The summed E-state index contributed by atoms with van der Waals surface area (Å²) in [6.07, 6.45) is 4.06. The Morgan fingerprint density at radius 2 is 2.24 bits per heavy atom. The molecule has 0 saturated heterocycles. The number of rotatable bonds is 6. The number of carbonyl (C=O) groups is 1. The summed E-state index contributed by atoms with van der Waals surface area (Å²) in [5.41, 5.74) is 0.726. The number of aliphatic carboxylic acids is 1. The van der Waals surface area contributed by atoms with E-state index in [1.165, 1.54) is 0 Å². The summed E-state index contributed by atoms with van der Waals surface area (Å²) in [5, 5.41) is 17.7. The molecule has 0 heterocycles. The molecule has 0 aliphatic rings. The second kappa shape index (κ2) is 6.93. The van der Waals surface area contributed by atoms with Crippen molar-refractivity contribution in [1.29, 1.82) is 0 Å². The maximum absolute atomic E-state index is 10.4. The Hall–Kier alpha value is -1.52. The van der Waals surface area contributed by atoms with Crippen LogP contribution in [0.15, 0.2) is 24.3 Å². The van der Waals surface area contributed by atoms with Crippen LogP contribution in [0.5, 0.6) is 5.75 Å². The van der Waals surface area contributed by atoms with E-state index >= 15 is 0 Å². The summed E-state index contributed by atoms with van der Waals surface area (Å²) in [6, 6.07) is 4.98. The highest BCUT2D eigenvalue weighted by Crippen LogP contribution is 2.24. The van der Waals surface area contributed by atoms with Gasteiger partial charge in [-0.3, -0.25) is 0 Å². The SMILES string of the molecule is O=C(O)COc1cc(Cl)ccc1C=CCCO. The highest BCUT2D eigenvalue weighted by molar-refractivity contribution is 6.30. The molecule has 5 heteroatoms. The molecule has 2 N–H and O–H groups in total. The molecule has 0 unspecified atom stereocenters. The molecule has 4 nitrogen and oxygen atoms in total. The van der Waals surface area contributed by atoms with Crippen LogP contribution in [0.25, 0.3) is 6.08 Å². The van der Waals surface area contributed by atoms with E-state index in [0.29, 0.717) is 17.2 Å². The van der Waals surface area contributed by atoms with E-state index in [9.17, 15) is 4.79 Å². The van der Waals surface area contributed by atoms with Crippen LogP contribution in [0, 0.1) is 0 Å². The molecule has 0 radical (unpaired) electrons. The largest absolute Gasteiger partial charge is 0.481 e. The van der Waals surface area contributed by atoms with Gasteiger partial charge in [0.25, 0.3) is 0 Å². The van der Waals surface area contributed by atoms with Crippen LogP contribution in [-0.4, -0.2) is 29.4 Å². The second-order valence-corrected chi connectivity index (χ2v) is 3.72. The lowest BCUT2D eigenvalue weighted by molar-refractivity contribution is -0.139. The fraction of sp³-hybridized carbons (Fsp3) is 0.250. The topological polar surface area (TPSA) is 66.8 Å². The van der Waals surface area contributed by atoms with Crippen LogP contribution >= 0.6 is 11.6 Å². The summed E-state index contributed by atoms with van der Waals surface area (Å²) in [6.45, 7) is -0.351. The first-order valence-corrected chi connectivity index (χ1v) is 5.43. The third-order valence-electron chi connectivity index (χ3n) is 1.92. The number of hydrogen-bond acceptors (Lipinski definition) is 3. The zero-order chi connectivity index (χ0) is 12.7. The first-order valence-electron chi connectivity index (χ1n) is 5.05. The lowest BCUT2D eigenvalue weighted by atomic mass is 10.2. The fourth-order valence-corrected chi connectivity index (χ4v) is 1.36. The molecule has 0 aliphatic carbocycles. The number of carboxylic acids is 1. The summed E-state index contributed by atoms with van der Waals surface area (Å²) in [4.78, 5) is 10.4. The average molecular weight is 257 g/mol. The van der Waals surface area contributed by atoms with E-state index in [1.807, 2.05) is 0 Å². The van der Waals surface area contributed by atoms with E-state index in [4.69, 9.17) is 26.6 Å². The number of ether oxygens (including phenoxy) is 1. The molecule has 0 spiro atoms.